The third-order valence-corrected chi connectivity index (χ3v) is 3.92. The third-order valence-electron chi connectivity index (χ3n) is 2.94. The highest BCUT2D eigenvalue weighted by Crippen LogP contribution is 2.34. The van der Waals surface area contributed by atoms with Gasteiger partial charge in [0.25, 0.3) is 0 Å². The molecule has 0 saturated carbocycles. The Morgan fingerprint density at radius 2 is 1.70 bits per heavy atom. The van der Waals surface area contributed by atoms with Gasteiger partial charge in [-0.05, 0) is 26.0 Å². The number of rotatable bonds is 2. The number of hydrogen-bond acceptors (Lipinski definition) is 4. The van der Waals surface area contributed by atoms with Crippen LogP contribution in [0.3, 0.4) is 0 Å². The number of carbonyl (C=O) groups excluding carboxylic acids is 2. The van der Waals surface area contributed by atoms with Crippen LogP contribution in [0, 0.1) is 13.8 Å². The molecule has 0 aliphatic rings. The van der Waals surface area contributed by atoms with E-state index >= 15 is 0 Å². The van der Waals surface area contributed by atoms with Crippen molar-refractivity contribution in [2.75, 3.05) is 10.6 Å². The van der Waals surface area contributed by atoms with E-state index in [0.29, 0.717) is 5.69 Å². The number of aryl methyl sites for hydroxylation is 2. The Morgan fingerprint density at radius 1 is 1.09 bits per heavy atom. The molecule has 1 aromatic carbocycles. The second-order valence-electron chi connectivity index (χ2n) is 4.61. The number of halogens is 3. The molecule has 9 heteroatoms. The van der Waals surface area contributed by atoms with Crippen LogP contribution in [0.4, 0.5) is 24.0 Å². The van der Waals surface area contributed by atoms with Gasteiger partial charge in [0.05, 0.1) is 16.9 Å². The van der Waals surface area contributed by atoms with Gasteiger partial charge in [-0.1, -0.05) is 12.1 Å². The minimum atomic E-state index is -4.64. The first kappa shape index (κ1) is 16.9. The quantitative estimate of drug-likeness (QED) is 0.822. The smallest absolute Gasteiger partial charge is 0.317 e. The van der Waals surface area contributed by atoms with Crippen LogP contribution in [0.2, 0.25) is 0 Å². The first-order valence-electron chi connectivity index (χ1n) is 6.41. The van der Waals surface area contributed by atoms with Crippen molar-refractivity contribution in [3.63, 3.8) is 0 Å². The standard InChI is InChI=1S/C14H12F3N3O2S/c1-7-8(2)23-13(18-7)20-12(22)11(21)19-10-6-4-3-5-9(10)14(15,16)17/h3-6H,1-2H3,(H,19,21)(H,18,20,22). The zero-order valence-electron chi connectivity index (χ0n) is 12.1. The molecule has 2 amide bonds. The fourth-order valence-corrected chi connectivity index (χ4v) is 2.51. The van der Waals surface area contributed by atoms with Crippen molar-refractivity contribution in [2.45, 2.75) is 20.0 Å². The number of alkyl halides is 3. The molecule has 0 radical (unpaired) electrons. The van der Waals surface area contributed by atoms with Crippen molar-refractivity contribution in [1.29, 1.82) is 0 Å². The number of aromatic nitrogens is 1. The largest absolute Gasteiger partial charge is 0.418 e. The maximum atomic E-state index is 12.8. The molecule has 0 aliphatic carbocycles. The molecule has 0 bridgehead atoms. The second kappa shape index (κ2) is 6.37. The van der Waals surface area contributed by atoms with E-state index in [1.807, 2.05) is 5.32 Å². The monoisotopic (exact) mass is 343 g/mol. The molecule has 5 nitrogen and oxygen atoms in total. The number of hydrogen-bond donors (Lipinski definition) is 2. The van der Waals surface area contributed by atoms with E-state index in [9.17, 15) is 22.8 Å². The Kier molecular flexibility index (Phi) is 4.69. The van der Waals surface area contributed by atoms with Gasteiger partial charge in [0.15, 0.2) is 5.13 Å². The Morgan fingerprint density at radius 3 is 2.26 bits per heavy atom. The Labute approximate surface area is 133 Å². The molecule has 1 aromatic heterocycles. The average molecular weight is 343 g/mol. The number of anilines is 2. The molecule has 0 atom stereocenters. The SMILES string of the molecule is Cc1nc(NC(=O)C(=O)Nc2ccccc2C(F)(F)F)sc1C. The molecule has 0 saturated heterocycles. The Hall–Kier alpha value is -2.42. The molecular weight excluding hydrogens is 331 g/mol. The highest BCUT2D eigenvalue weighted by Gasteiger charge is 2.34. The molecule has 122 valence electrons. The first-order chi connectivity index (χ1) is 10.7. The molecule has 0 fully saturated rings. The van der Waals surface area contributed by atoms with Crippen LogP contribution in [0.15, 0.2) is 24.3 Å². The normalized spacial score (nSPS) is 11.2. The Bertz CT molecular complexity index is 736. The number of benzene rings is 1. The zero-order chi connectivity index (χ0) is 17.2. The summed E-state index contributed by atoms with van der Waals surface area (Å²) >= 11 is 1.17. The van der Waals surface area contributed by atoms with E-state index in [0.717, 1.165) is 17.0 Å². The molecule has 0 aliphatic heterocycles. The van der Waals surface area contributed by atoms with Gasteiger partial charge in [0.1, 0.15) is 0 Å². The van der Waals surface area contributed by atoms with Crippen molar-refractivity contribution < 1.29 is 22.8 Å². The van der Waals surface area contributed by atoms with E-state index in [2.05, 4.69) is 10.3 Å². The summed E-state index contributed by atoms with van der Waals surface area (Å²) in [4.78, 5) is 28.4. The van der Waals surface area contributed by atoms with Crippen LogP contribution in [-0.4, -0.2) is 16.8 Å². The molecule has 0 unspecified atom stereocenters. The summed E-state index contributed by atoms with van der Waals surface area (Å²) in [5.74, 6) is -2.29. The average Bonchev–Trinajstić information content (AvgIpc) is 2.76. The maximum absolute atomic E-state index is 12.8. The van der Waals surface area contributed by atoms with Crippen LogP contribution >= 0.6 is 11.3 Å². The van der Waals surface area contributed by atoms with Gasteiger partial charge in [0.2, 0.25) is 0 Å². The van der Waals surface area contributed by atoms with E-state index in [1.54, 1.807) is 13.8 Å². The molecule has 2 N–H and O–H groups in total. The summed E-state index contributed by atoms with van der Waals surface area (Å²) in [7, 11) is 0. The van der Waals surface area contributed by atoms with Gasteiger partial charge >= 0.3 is 18.0 Å². The predicted octanol–water partition coefficient (Wildman–Crippen LogP) is 3.36. The van der Waals surface area contributed by atoms with Crippen molar-refractivity contribution in [1.82, 2.24) is 4.98 Å². The number of nitrogens with zero attached hydrogens (tertiary/aromatic N) is 1. The number of thiazole rings is 1. The molecule has 2 aromatic rings. The number of para-hydroxylation sites is 1. The molecule has 2 rings (SSSR count). The Balaban J connectivity index is 2.12. The van der Waals surface area contributed by atoms with Crippen molar-refractivity contribution in [2.24, 2.45) is 0 Å². The molecule has 0 spiro atoms. The second-order valence-corrected chi connectivity index (χ2v) is 5.82. The van der Waals surface area contributed by atoms with Gasteiger partial charge in [0, 0.05) is 4.88 Å². The third kappa shape index (κ3) is 4.07. The van der Waals surface area contributed by atoms with E-state index in [4.69, 9.17) is 0 Å². The summed E-state index contributed by atoms with van der Waals surface area (Å²) in [5.41, 5.74) is -0.804. The molecule has 23 heavy (non-hydrogen) atoms. The van der Waals surface area contributed by atoms with Crippen LogP contribution in [0.1, 0.15) is 16.1 Å². The first-order valence-corrected chi connectivity index (χ1v) is 7.22. The lowest BCUT2D eigenvalue weighted by atomic mass is 10.1. The van der Waals surface area contributed by atoms with E-state index in [1.165, 1.54) is 23.5 Å². The van der Waals surface area contributed by atoms with Gasteiger partial charge in [-0.25, -0.2) is 4.98 Å². The summed E-state index contributed by atoms with van der Waals surface area (Å²) in [6.45, 7) is 3.53. The van der Waals surface area contributed by atoms with E-state index in [-0.39, 0.29) is 5.13 Å². The van der Waals surface area contributed by atoms with Crippen molar-refractivity contribution in [3.05, 3.63) is 40.4 Å². The minimum absolute atomic E-state index is 0.212. The predicted molar refractivity (Wildman–Crippen MR) is 80.3 cm³/mol. The van der Waals surface area contributed by atoms with Crippen LogP contribution < -0.4 is 10.6 Å². The minimum Gasteiger partial charge on any atom is -0.317 e. The summed E-state index contributed by atoms with van der Waals surface area (Å²) in [5, 5.41) is 4.43. The lowest BCUT2D eigenvalue weighted by Crippen LogP contribution is -2.30. The zero-order valence-corrected chi connectivity index (χ0v) is 12.9. The van der Waals surface area contributed by atoms with Crippen LogP contribution in [-0.2, 0) is 15.8 Å². The molecular formula is C14H12F3N3O2S. The lowest BCUT2D eigenvalue weighted by Gasteiger charge is -2.13. The summed E-state index contributed by atoms with van der Waals surface area (Å²) in [6.07, 6.45) is -4.64. The molecule has 1 heterocycles. The summed E-state index contributed by atoms with van der Waals surface area (Å²) < 4.78 is 38.5. The van der Waals surface area contributed by atoms with Crippen molar-refractivity contribution >= 4 is 34.0 Å². The fourth-order valence-electron chi connectivity index (χ4n) is 1.70. The van der Waals surface area contributed by atoms with Gasteiger partial charge in [-0.3, -0.25) is 14.9 Å². The van der Waals surface area contributed by atoms with Crippen LogP contribution in [0.5, 0.6) is 0 Å². The maximum Gasteiger partial charge on any atom is 0.418 e. The van der Waals surface area contributed by atoms with Crippen molar-refractivity contribution in [3.8, 4) is 0 Å². The van der Waals surface area contributed by atoms with Gasteiger partial charge < -0.3 is 5.32 Å². The topological polar surface area (TPSA) is 71.1 Å². The highest BCUT2D eigenvalue weighted by molar-refractivity contribution is 7.15. The van der Waals surface area contributed by atoms with E-state index < -0.39 is 29.2 Å². The van der Waals surface area contributed by atoms with Gasteiger partial charge in [-0.2, -0.15) is 13.2 Å². The number of nitrogens with one attached hydrogen (secondary N) is 2. The van der Waals surface area contributed by atoms with Crippen LogP contribution in [0.25, 0.3) is 0 Å². The fraction of sp³-hybridized carbons (Fsp3) is 0.214. The number of carbonyl (C=O) groups is 2. The highest BCUT2D eigenvalue weighted by atomic mass is 32.1. The number of amides is 2. The summed E-state index contributed by atoms with van der Waals surface area (Å²) in [6, 6.07) is 4.42. The van der Waals surface area contributed by atoms with Gasteiger partial charge in [-0.15, -0.1) is 11.3 Å². The lowest BCUT2D eigenvalue weighted by molar-refractivity contribution is -0.137.